The zero-order valence-electron chi connectivity index (χ0n) is 10.8. The van der Waals surface area contributed by atoms with Gasteiger partial charge in [-0.1, -0.05) is 6.92 Å². The quantitative estimate of drug-likeness (QED) is 0.783. The van der Waals surface area contributed by atoms with Gasteiger partial charge in [-0.25, -0.2) is 0 Å². The summed E-state index contributed by atoms with van der Waals surface area (Å²) in [5.74, 6) is 0.855. The third-order valence-corrected chi connectivity index (χ3v) is 4.18. The average molecular weight is 252 g/mol. The first-order valence-electron chi connectivity index (χ1n) is 6.82. The van der Waals surface area contributed by atoms with E-state index in [1.807, 2.05) is 0 Å². The molecular formula is C14H24N2S. The molecule has 0 aromatic carbocycles. The number of rotatable bonds is 6. The Balaban J connectivity index is 1.72. The molecule has 1 unspecified atom stereocenters. The van der Waals surface area contributed by atoms with Crippen LogP contribution < -0.4 is 5.32 Å². The van der Waals surface area contributed by atoms with Gasteiger partial charge in [0.15, 0.2) is 0 Å². The van der Waals surface area contributed by atoms with Gasteiger partial charge in [-0.2, -0.15) is 11.3 Å². The number of hydrogen-bond acceptors (Lipinski definition) is 3. The second kappa shape index (κ2) is 7.14. The first-order chi connectivity index (χ1) is 8.38. The number of hydrogen-bond donors (Lipinski definition) is 1. The first-order valence-corrected chi connectivity index (χ1v) is 7.77. The summed E-state index contributed by atoms with van der Waals surface area (Å²) in [4.78, 5) is 2.61. The molecule has 0 bridgehead atoms. The SMILES string of the molecule is CCCNCC1CCCN(Cc2ccsc2)C1. The lowest BCUT2D eigenvalue weighted by molar-refractivity contribution is 0.165. The van der Waals surface area contributed by atoms with Gasteiger partial charge in [0.2, 0.25) is 0 Å². The number of piperidine rings is 1. The van der Waals surface area contributed by atoms with Gasteiger partial charge >= 0.3 is 0 Å². The van der Waals surface area contributed by atoms with E-state index in [9.17, 15) is 0 Å². The Morgan fingerprint density at radius 1 is 1.53 bits per heavy atom. The molecule has 1 fully saturated rings. The molecule has 0 amide bonds. The van der Waals surface area contributed by atoms with E-state index in [2.05, 4.69) is 34.0 Å². The van der Waals surface area contributed by atoms with Gasteiger partial charge in [0.25, 0.3) is 0 Å². The molecule has 0 radical (unpaired) electrons. The maximum absolute atomic E-state index is 3.56. The van der Waals surface area contributed by atoms with Crippen molar-refractivity contribution in [1.29, 1.82) is 0 Å². The fourth-order valence-electron chi connectivity index (χ4n) is 2.59. The van der Waals surface area contributed by atoms with Crippen molar-refractivity contribution in [1.82, 2.24) is 10.2 Å². The van der Waals surface area contributed by atoms with Crippen molar-refractivity contribution in [2.24, 2.45) is 5.92 Å². The monoisotopic (exact) mass is 252 g/mol. The molecule has 1 aromatic heterocycles. The third kappa shape index (κ3) is 4.41. The lowest BCUT2D eigenvalue weighted by Gasteiger charge is -2.32. The van der Waals surface area contributed by atoms with Gasteiger partial charge in [-0.05, 0) is 67.2 Å². The summed E-state index contributed by atoms with van der Waals surface area (Å²) >= 11 is 1.81. The molecule has 1 aliphatic heterocycles. The maximum Gasteiger partial charge on any atom is 0.0242 e. The van der Waals surface area contributed by atoms with Gasteiger partial charge in [0.1, 0.15) is 0 Å². The van der Waals surface area contributed by atoms with Crippen LogP contribution in [-0.2, 0) is 6.54 Å². The maximum atomic E-state index is 3.56. The van der Waals surface area contributed by atoms with Gasteiger partial charge in [-0.3, -0.25) is 4.90 Å². The van der Waals surface area contributed by atoms with Crippen molar-refractivity contribution in [2.45, 2.75) is 32.7 Å². The van der Waals surface area contributed by atoms with E-state index in [1.165, 1.54) is 51.0 Å². The van der Waals surface area contributed by atoms with Crippen LogP contribution in [0.4, 0.5) is 0 Å². The fraction of sp³-hybridized carbons (Fsp3) is 0.714. The molecule has 1 aromatic rings. The van der Waals surface area contributed by atoms with E-state index >= 15 is 0 Å². The third-order valence-electron chi connectivity index (χ3n) is 3.45. The van der Waals surface area contributed by atoms with E-state index < -0.39 is 0 Å². The summed E-state index contributed by atoms with van der Waals surface area (Å²) in [5.41, 5.74) is 1.48. The molecule has 17 heavy (non-hydrogen) atoms. The highest BCUT2D eigenvalue weighted by atomic mass is 32.1. The van der Waals surface area contributed by atoms with Crippen molar-refractivity contribution in [3.05, 3.63) is 22.4 Å². The number of likely N-dealkylation sites (tertiary alicyclic amines) is 1. The first kappa shape index (κ1) is 13.1. The predicted octanol–water partition coefficient (Wildman–Crippen LogP) is 2.96. The Morgan fingerprint density at radius 3 is 3.24 bits per heavy atom. The van der Waals surface area contributed by atoms with Crippen molar-refractivity contribution in [3.63, 3.8) is 0 Å². The van der Waals surface area contributed by atoms with Crippen LogP contribution in [0.2, 0.25) is 0 Å². The molecule has 0 aliphatic carbocycles. The minimum absolute atomic E-state index is 0.855. The molecule has 1 N–H and O–H groups in total. The van der Waals surface area contributed by atoms with Crippen LogP contribution in [0.15, 0.2) is 16.8 Å². The van der Waals surface area contributed by atoms with Crippen LogP contribution in [0.5, 0.6) is 0 Å². The highest BCUT2D eigenvalue weighted by molar-refractivity contribution is 7.07. The second-order valence-electron chi connectivity index (χ2n) is 5.08. The molecule has 2 nitrogen and oxygen atoms in total. The molecule has 1 aliphatic rings. The van der Waals surface area contributed by atoms with Crippen molar-refractivity contribution in [2.75, 3.05) is 26.2 Å². The summed E-state index contributed by atoms with van der Waals surface area (Å²) in [5, 5.41) is 8.02. The van der Waals surface area contributed by atoms with Gasteiger partial charge in [-0.15, -0.1) is 0 Å². The molecule has 3 heteroatoms. The lowest BCUT2D eigenvalue weighted by atomic mass is 9.97. The molecule has 0 spiro atoms. The van der Waals surface area contributed by atoms with E-state index in [1.54, 1.807) is 11.3 Å². The Hall–Kier alpha value is -0.380. The summed E-state index contributed by atoms with van der Waals surface area (Å²) in [7, 11) is 0. The van der Waals surface area contributed by atoms with E-state index in [-0.39, 0.29) is 0 Å². The minimum Gasteiger partial charge on any atom is -0.316 e. The number of thiophene rings is 1. The number of nitrogens with zero attached hydrogens (tertiary/aromatic N) is 1. The van der Waals surface area contributed by atoms with Gasteiger partial charge in [0, 0.05) is 13.1 Å². The smallest absolute Gasteiger partial charge is 0.0242 e. The fourth-order valence-corrected chi connectivity index (χ4v) is 3.25. The van der Waals surface area contributed by atoms with Crippen LogP contribution in [0.25, 0.3) is 0 Å². The Kier molecular flexibility index (Phi) is 5.49. The van der Waals surface area contributed by atoms with E-state index in [0.717, 1.165) is 12.5 Å². The minimum atomic E-state index is 0.855. The molecule has 1 saturated heterocycles. The van der Waals surface area contributed by atoms with Crippen LogP contribution in [0, 0.1) is 5.92 Å². The van der Waals surface area contributed by atoms with Crippen molar-refractivity contribution >= 4 is 11.3 Å². The molecular weight excluding hydrogens is 228 g/mol. The normalized spacial score (nSPS) is 21.8. The van der Waals surface area contributed by atoms with Crippen LogP contribution in [0.3, 0.4) is 0 Å². The standard InChI is InChI=1S/C14H24N2S/c1-2-6-15-9-13-4-3-7-16(10-13)11-14-5-8-17-12-14/h5,8,12-13,15H,2-4,6-7,9-11H2,1H3. The number of nitrogens with one attached hydrogen (secondary N) is 1. The molecule has 2 heterocycles. The lowest BCUT2D eigenvalue weighted by Crippen LogP contribution is -2.39. The zero-order valence-corrected chi connectivity index (χ0v) is 11.6. The molecule has 96 valence electrons. The topological polar surface area (TPSA) is 15.3 Å². The average Bonchev–Trinajstić information content (AvgIpc) is 2.83. The highest BCUT2D eigenvalue weighted by Crippen LogP contribution is 2.18. The summed E-state index contributed by atoms with van der Waals surface area (Å²) in [6.45, 7) is 8.30. The van der Waals surface area contributed by atoms with Crippen molar-refractivity contribution < 1.29 is 0 Å². The van der Waals surface area contributed by atoms with Crippen LogP contribution in [0.1, 0.15) is 31.7 Å². The Labute approximate surface area is 109 Å². The summed E-state index contributed by atoms with van der Waals surface area (Å²) in [6.07, 6.45) is 4.00. The van der Waals surface area contributed by atoms with Crippen LogP contribution in [-0.4, -0.2) is 31.1 Å². The van der Waals surface area contributed by atoms with Gasteiger partial charge in [0.05, 0.1) is 0 Å². The Morgan fingerprint density at radius 2 is 2.47 bits per heavy atom. The van der Waals surface area contributed by atoms with E-state index in [4.69, 9.17) is 0 Å². The molecule has 2 rings (SSSR count). The van der Waals surface area contributed by atoms with E-state index in [0.29, 0.717) is 0 Å². The molecule has 1 atom stereocenters. The Bertz CT molecular complexity index is 297. The predicted molar refractivity (Wildman–Crippen MR) is 75.5 cm³/mol. The molecule has 0 saturated carbocycles. The van der Waals surface area contributed by atoms with Gasteiger partial charge < -0.3 is 5.32 Å². The largest absolute Gasteiger partial charge is 0.316 e. The zero-order chi connectivity index (χ0) is 11.9. The van der Waals surface area contributed by atoms with Crippen molar-refractivity contribution in [3.8, 4) is 0 Å². The highest BCUT2D eigenvalue weighted by Gasteiger charge is 2.19. The summed E-state index contributed by atoms with van der Waals surface area (Å²) in [6, 6.07) is 2.25. The second-order valence-corrected chi connectivity index (χ2v) is 5.86. The van der Waals surface area contributed by atoms with Crippen LogP contribution >= 0.6 is 11.3 Å². The summed E-state index contributed by atoms with van der Waals surface area (Å²) < 4.78 is 0.